The molecule has 0 atom stereocenters. The quantitative estimate of drug-likeness (QED) is 0.642. The summed E-state index contributed by atoms with van der Waals surface area (Å²) in [5.41, 5.74) is 2.19. The van der Waals surface area contributed by atoms with Crippen LogP contribution in [0.2, 0.25) is 0 Å². The Morgan fingerprint density at radius 2 is 2.05 bits per heavy atom. The third-order valence-electron chi connectivity index (χ3n) is 4.24. The molecular formula is C15H19N5O2. The van der Waals surface area contributed by atoms with Gasteiger partial charge in [0, 0.05) is 32.4 Å². The van der Waals surface area contributed by atoms with E-state index in [-0.39, 0.29) is 5.69 Å². The molecule has 0 spiro atoms. The van der Waals surface area contributed by atoms with Crippen molar-refractivity contribution < 1.29 is 4.92 Å². The summed E-state index contributed by atoms with van der Waals surface area (Å²) in [5, 5.41) is 15.0. The highest BCUT2D eigenvalue weighted by Gasteiger charge is 2.24. The van der Waals surface area contributed by atoms with Crippen LogP contribution >= 0.6 is 0 Å². The molecule has 0 saturated carbocycles. The lowest BCUT2D eigenvalue weighted by Gasteiger charge is -2.33. The summed E-state index contributed by atoms with van der Waals surface area (Å²) < 4.78 is 1.84. The van der Waals surface area contributed by atoms with Gasteiger partial charge in [0.15, 0.2) is 0 Å². The van der Waals surface area contributed by atoms with Crippen molar-refractivity contribution in [2.75, 3.05) is 18.0 Å². The highest BCUT2D eigenvalue weighted by molar-refractivity contribution is 5.50. The van der Waals surface area contributed by atoms with Crippen LogP contribution in [0.5, 0.6) is 0 Å². The van der Waals surface area contributed by atoms with E-state index < -0.39 is 4.92 Å². The molecule has 116 valence electrons. The van der Waals surface area contributed by atoms with Gasteiger partial charge in [0.25, 0.3) is 5.69 Å². The molecule has 0 unspecified atom stereocenters. The van der Waals surface area contributed by atoms with Crippen molar-refractivity contribution in [2.24, 2.45) is 7.05 Å². The van der Waals surface area contributed by atoms with Gasteiger partial charge in [0.2, 0.25) is 0 Å². The van der Waals surface area contributed by atoms with Gasteiger partial charge in [0.05, 0.1) is 11.1 Å². The lowest BCUT2D eigenvalue weighted by Crippen LogP contribution is -2.33. The number of aromatic nitrogens is 3. The van der Waals surface area contributed by atoms with E-state index in [4.69, 9.17) is 0 Å². The highest BCUT2D eigenvalue weighted by Crippen LogP contribution is 2.31. The van der Waals surface area contributed by atoms with Gasteiger partial charge in [-0.2, -0.15) is 5.10 Å². The Bertz CT molecular complexity index is 689. The van der Waals surface area contributed by atoms with E-state index in [0.29, 0.717) is 5.92 Å². The molecule has 0 aromatic carbocycles. The Labute approximate surface area is 128 Å². The second-order valence-corrected chi connectivity index (χ2v) is 5.80. The lowest BCUT2D eigenvalue weighted by molar-refractivity contribution is -0.385. The average molecular weight is 301 g/mol. The average Bonchev–Trinajstić information content (AvgIpc) is 2.94. The van der Waals surface area contributed by atoms with Crippen LogP contribution in [-0.2, 0) is 7.05 Å². The molecule has 7 nitrogen and oxygen atoms in total. The van der Waals surface area contributed by atoms with Crippen molar-refractivity contribution >= 4 is 11.5 Å². The number of hydrogen-bond donors (Lipinski definition) is 0. The number of hydrogen-bond acceptors (Lipinski definition) is 5. The fraction of sp³-hybridized carbons (Fsp3) is 0.467. The first-order valence-corrected chi connectivity index (χ1v) is 7.39. The summed E-state index contributed by atoms with van der Waals surface area (Å²) in [4.78, 5) is 16.9. The van der Waals surface area contributed by atoms with Crippen molar-refractivity contribution in [3.8, 4) is 0 Å². The fourth-order valence-corrected chi connectivity index (χ4v) is 3.06. The van der Waals surface area contributed by atoms with Crippen LogP contribution < -0.4 is 4.90 Å². The molecule has 2 aromatic heterocycles. The molecule has 22 heavy (non-hydrogen) atoms. The van der Waals surface area contributed by atoms with Gasteiger partial charge in [-0.15, -0.1) is 0 Å². The standard InChI is InChI=1S/C15H19N5O2/c1-11-7-14(20(21)22)9-16-15(11)19-5-3-12(4-6-19)13-8-17-18(2)10-13/h7-10,12H,3-6H2,1-2H3. The highest BCUT2D eigenvalue weighted by atomic mass is 16.6. The Hall–Kier alpha value is -2.44. The van der Waals surface area contributed by atoms with E-state index in [1.807, 2.05) is 24.9 Å². The minimum atomic E-state index is -0.404. The monoisotopic (exact) mass is 301 g/mol. The van der Waals surface area contributed by atoms with Gasteiger partial charge in [0.1, 0.15) is 12.0 Å². The summed E-state index contributed by atoms with van der Waals surface area (Å²) >= 11 is 0. The number of anilines is 1. The minimum absolute atomic E-state index is 0.0477. The van der Waals surface area contributed by atoms with Crippen molar-refractivity contribution in [1.82, 2.24) is 14.8 Å². The lowest BCUT2D eigenvalue weighted by atomic mass is 9.91. The molecule has 1 aliphatic heterocycles. The Morgan fingerprint density at radius 3 is 2.59 bits per heavy atom. The minimum Gasteiger partial charge on any atom is -0.356 e. The van der Waals surface area contributed by atoms with Gasteiger partial charge in [-0.1, -0.05) is 0 Å². The number of nitro groups is 1. The zero-order valence-corrected chi connectivity index (χ0v) is 12.8. The van der Waals surface area contributed by atoms with Crippen molar-refractivity contribution in [3.05, 3.63) is 45.9 Å². The number of aryl methyl sites for hydroxylation is 2. The van der Waals surface area contributed by atoms with Crippen LogP contribution in [0.3, 0.4) is 0 Å². The van der Waals surface area contributed by atoms with Gasteiger partial charge in [-0.25, -0.2) is 4.98 Å². The second kappa shape index (κ2) is 5.75. The molecule has 2 aromatic rings. The molecule has 1 fully saturated rings. The molecular weight excluding hydrogens is 282 g/mol. The molecule has 0 amide bonds. The third kappa shape index (κ3) is 2.79. The van der Waals surface area contributed by atoms with Crippen molar-refractivity contribution in [2.45, 2.75) is 25.7 Å². The molecule has 0 radical (unpaired) electrons. The molecule has 3 rings (SSSR count). The maximum atomic E-state index is 10.8. The molecule has 1 aliphatic rings. The second-order valence-electron chi connectivity index (χ2n) is 5.80. The predicted molar refractivity (Wildman–Crippen MR) is 83.0 cm³/mol. The van der Waals surface area contributed by atoms with Crippen LogP contribution in [0.4, 0.5) is 11.5 Å². The van der Waals surface area contributed by atoms with Gasteiger partial charge in [-0.05, 0) is 36.8 Å². The van der Waals surface area contributed by atoms with Crippen molar-refractivity contribution in [3.63, 3.8) is 0 Å². The SMILES string of the molecule is Cc1cc([N+](=O)[O-])cnc1N1CCC(c2cnn(C)c2)CC1. The Morgan fingerprint density at radius 1 is 1.32 bits per heavy atom. The molecule has 0 aliphatic carbocycles. The van der Waals surface area contributed by atoms with Crippen LogP contribution in [-0.4, -0.2) is 32.8 Å². The first-order valence-electron chi connectivity index (χ1n) is 7.39. The largest absolute Gasteiger partial charge is 0.356 e. The first kappa shape index (κ1) is 14.5. The first-order chi connectivity index (χ1) is 10.5. The molecule has 7 heteroatoms. The van der Waals surface area contributed by atoms with E-state index in [0.717, 1.165) is 37.3 Å². The summed E-state index contributed by atoms with van der Waals surface area (Å²) in [6, 6.07) is 1.59. The summed E-state index contributed by atoms with van der Waals surface area (Å²) in [7, 11) is 1.93. The topological polar surface area (TPSA) is 77.1 Å². The molecule has 0 N–H and O–H groups in total. The molecule has 1 saturated heterocycles. The van der Waals surface area contributed by atoms with Gasteiger partial charge in [-0.3, -0.25) is 14.8 Å². The van der Waals surface area contributed by atoms with Crippen LogP contribution in [0.25, 0.3) is 0 Å². The normalized spacial score (nSPS) is 16.0. The number of pyridine rings is 1. The maximum absolute atomic E-state index is 10.8. The smallest absolute Gasteiger partial charge is 0.287 e. The fourth-order valence-electron chi connectivity index (χ4n) is 3.06. The van der Waals surface area contributed by atoms with Crippen LogP contribution in [0, 0.1) is 17.0 Å². The van der Waals surface area contributed by atoms with Crippen LogP contribution in [0.15, 0.2) is 24.7 Å². The maximum Gasteiger partial charge on any atom is 0.287 e. The third-order valence-corrected chi connectivity index (χ3v) is 4.24. The van der Waals surface area contributed by atoms with E-state index >= 15 is 0 Å². The predicted octanol–water partition coefficient (Wildman–Crippen LogP) is 2.42. The number of nitrogens with zero attached hydrogens (tertiary/aromatic N) is 5. The van der Waals surface area contributed by atoms with E-state index in [1.165, 1.54) is 11.8 Å². The number of piperidine rings is 1. The van der Waals surface area contributed by atoms with E-state index in [1.54, 1.807) is 6.07 Å². The van der Waals surface area contributed by atoms with Gasteiger partial charge >= 0.3 is 0 Å². The summed E-state index contributed by atoms with van der Waals surface area (Å²) in [5.74, 6) is 1.39. The Balaban J connectivity index is 1.70. The number of rotatable bonds is 3. The van der Waals surface area contributed by atoms with Crippen LogP contribution in [0.1, 0.15) is 29.9 Å². The summed E-state index contributed by atoms with van der Waals surface area (Å²) in [6.07, 6.45) is 7.45. The molecule has 0 bridgehead atoms. The zero-order chi connectivity index (χ0) is 15.7. The Kier molecular flexibility index (Phi) is 3.79. The molecule has 3 heterocycles. The van der Waals surface area contributed by atoms with Crippen molar-refractivity contribution in [1.29, 1.82) is 0 Å². The zero-order valence-electron chi connectivity index (χ0n) is 12.8. The summed E-state index contributed by atoms with van der Waals surface area (Å²) in [6.45, 7) is 3.69. The van der Waals surface area contributed by atoms with Gasteiger partial charge < -0.3 is 4.90 Å². The van der Waals surface area contributed by atoms with E-state index in [2.05, 4.69) is 21.2 Å². The van der Waals surface area contributed by atoms with E-state index in [9.17, 15) is 10.1 Å².